The second-order valence-corrected chi connectivity index (χ2v) is 6.25. The van der Waals surface area contributed by atoms with E-state index in [1.807, 2.05) is 18.7 Å². The van der Waals surface area contributed by atoms with Crippen LogP contribution in [0, 0.1) is 0 Å². The predicted molar refractivity (Wildman–Crippen MR) is 66.9 cm³/mol. The number of carboxylic acids is 1. The molecular formula is C12H21NO2S. The van der Waals surface area contributed by atoms with E-state index in [0.29, 0.717) is 6.04 Å². The molecule has 2 fully saturated rings. The van der Waals surface area contributed by atoms with Crippen molar-refractivity contribution in [2.45, 2.75) is 50.6 Å². The lowest BCUT2D eigenvalue weighted by atomic mass is 9.86. The van der Waals surface area contributed by atoms with Crippen LogP contribution >= 0.6 is 11.8 Å². The molecule has 0 spiro atoms. The van der Waals surface area contributed by atoms with Gasteiger partial charge in [0, 0.05) is 11.8 Å². The number of carbonyl (C=O) groups is 1. The summed E-state index contributed by atoms with van der Waals surface area (Å²) < 4.78 is 0. The summed E-state index contributed by atoms with van der Waals surface area (Å²) in [4.78, 5) is 13.7. The number of likely N-dealkylation sites (tertiary alicyclic amines) is 1. The van der Waals surface area contributed by atoms with E-state index in [4.69, 9.17) is 0 Å². The molecule has 4 heteroatoms. The van der Waals surface area contributed by atoms with Crippen LogP contribution in [0.15, 0.2) is 0 Å². The highest BCUT2D eigenvalue weighted by atomic mass is 32.2. The van der Waals surface area contributed by atoms with Gasteiger partial charge in [0.15, 0.2) is 0 Å². The summed E-state index contributed by atoms with van der Waals surface area (Å²) in [6, 6.07) is 0.486. The van der Waals surface area contributed by atoms with E-state index in [1.54, 1.807) is 0 Å². The summed E-state index contributed by atoms with van der Waals surface area (Å²) in [5, 5.41) is 9.45. The molecule has 0 amide bonds. The zero-order valence-corrected chi connectivity index (χ0v) is 10.8. The van der Waals surface area contributed by atoms with Crippen LogP contribution in [0.5, 0.6) is 0 Å². The van der Waals surface area contributed by atoms with Crippen molar-refractivity contribution in [1.29, 1.82) is 0 Å². The first-order chi connectivity index (χ1) is 7.64. The van der Waals surface area contributed by atoms with Crippen molar-refractivity contribution in [1.82, 2.24) is 4.90 Å². The lowest BCUT2D eigenvalue weighted by Gasteiger charge is -2.47. The molecule has 0 aromatic heterocycles. The first kappa shape index (κ1) is 12.2. The Morgan fingerprint density at radius 3 is 2.88 bits per heavy atom. The maximum Gasteiger partial charge on any atom is 0.323 e. The molecule has 1 N–H and O–H groups in total. The van der Waals surface area contributed by atoms with Crippen LogP contribution in [-0.4, -0.2) is 45.6 Å². The van der Waals surface area contributed by atoms with Crippen molar-refractivity contribution in [3.63, 3.8) is 0 Å². The zero-order chi connectivity index (χ0) is 11.6. The molecule has 0 aliphatic carbocycles. The molecule has 3 nitrogen and oxygen atoms in total. The number of hydrogen-bond donors (Lipinski definition) is 1. The largest absolute Gasteiger partial charge is 0.480 e. The number of rotatable bonds is 2. The first-order valence-corrected chi connectivity index (χ1v) is 7.38. The molecule has 2 unspecified atom stereocenters. The SMILES string of the molecule is CC1(C(=O)O)CCCCN1C1CCCSC1. The fraction of sp³-hybridized carbons (Fsp3) is 0.917. The van der Waals surface area contributed by atoms with Gasteiger partial charge in [-0.05, 0) is 51.3 Å². The number of carboxylic acid groups (broad SMARTS) is 1. The molecule has 92 valence electrons. The van der Waals surface area contributed by atoms with Gasteiger partial charge in [-0.15, -0.1) is 0 Å². The average Bonchev–Trinajstić information content (AvgIpc) is 2.30. The van der Waals surface area contributed by atoms with Gasteiger partial charge in [-0.1, -0.05) is 0 Å². The van der Waals surface area contributed by atoms with E-state index < -0.39 is 11.5 Å². The van der Waals surface area contributed by atoms with Crippen LogP contribution in [-0.2, 0) is 4.79 Å². The fourth-order valence-corrected chi connectivity index (χ4v) is 4.08. The van der Waals surface area contributed by atoms with Gasteiger partial charge >= 0.3 is 5.97 Å². The van der Waals surface area contributed by atoms with Gasteiger partial charge in [0.05, 0.1) is 0 Å². The molecule has 2 aliphatic heterocycles. The smallest absolute Gasteiger partial charge is 0.323 e. The van der Waals surface area contributed by atoms with Crippen molar-refractivity contribution >= 4 is 17.7 Å². The maximum atomic E-state index is 11.5. The fourth-order valence-electron chi connectivity index (χ4n) is 2.93. The van der Waals surface area contributed by atoms with Gasteiger partial charge in [-0.25, -0.2) is 0 Å². The molecule has 2 saturated heterocycles. The van der Waals surface area contributed by atoms with Crippen LogP contribution in [0.25, 0.3) is 0 Å². The Morgan fingerprint density at radius 2 is 2.25 bits per heavy atom. The summed E-state index contributed by atoms with van der Waals surface area (Å²) in [5.74, 6) is 1.72. The third kappa shape index (κ3) is 2.23. The van der Waals surface area contributed by atoms with Crippen molar-refractivity contribution in [2.24, 2.45) is 0 Å². The summed E-state index contributed by atoms with van der Waals surface area (Å²) in [6.45, 7) is 2.88. The molecule has 0 aromatic rings. The molecule has 0 bridgehead atoms. The van der Waals surface area contributed by atoms with Crippen LogP contribution in [0.3, 0.4) is 0 Å². The van der Waals surface area contributed by atoms with Crippen LogP contribution < -0.4 is 0 Å². The molecular weight excluding hydrogens is 222 g/mol. The van der Waals surface area contributed by atoms with Crippen LogP contribution in [0.4, 0.5) is 0 Å². The Hall–Kier alpha value is -0.220. The minimum absolute atomic E-state index is 0.486. The van der Waals surface area contributed by atoms with Gasteiger partial charge in [0.1, 0.15) is 5.54 Å². The van der Waals surface area contributed by atoms with Gasteiger partial charge in [0.2, 0.25) is 0 Å². The minimum Gasteiger partial charge on any atom is -0.480 e. The summed E-state index contributed by atoms with van der Waals surface area (Å²) in [5.41, 5.74) is -0.610. The molecule has 16 heavy (non-hydrogen) atoms. The van der Waals surface area contributed by atoms with E-state index in [1.165, 1.54) is 18.6 Å². The minimum atomic E-state index is -0.636. The topological polar surface area (TPSA) is 40.5 Å². The standard InChI is InChI=1S/C12H21NO2S/c1-12(11(14)15)6-2-3-7-13(12)10-5-4-8-16-9-10/h10H,2-9H2,1H3,(H,14,15). The molecule has 2 atom stereocenters. The van der Waals surface area contributed by atoms with E-state index in [0.717, 1.165) is 31.6 Å². The van der Waals surface area contributed by atoms with Gasteiger partial charge in [-0.2, -0.15) is 11.8 Å². The van der Waals surface area contributed by atoms with E-state index in [2.05, 4.69) is 4.90 Å². The highest BCUT2D eigenvalue weighted by molar-refractivity contribution is 7.99. The van der Waals surface area contributed by atoms with Crippen LogP contribution in [0.2, 0.25) is 0 Å². The number of thioether (sulfide) groups is 1. The molecule has 0 radical (unpaired) electrons. The van der Waals surface area contributed by atoms with Crippen molar-refractivity contribution < 1.29 is 9.90 Å². The monoisotopic (exact) mass is 243 g/mol. The first-order valence-electron chi connectivity index (χ1n) is 6.22. The molecule has 2 aliphatic rings. The quantitative estimate of drug-likeness (QED) is 0.807. The maximum absolute atomic E-state index is 11.5. The summed E-state index contributed by atoms with van der Waals surface area (Å²) in [7, 11) is 0. The Kier molecular flexibility index (Phi) is 3.80. The second-order valence-electron chi connectivity index (χ2n) is 5.10. The Bertz CT molecular complexity index is 266. The Labute approximate surface area is 102 Å². The van der Waals surface area contributed by atoms with Gasteiger partial charge in [0.25, 0.3) is 0 Å². The lowest BCUT2D eigenvalue weighted by Crippen LogP contribution is -2.59. The number of piperidine rings is 1. The van der Waals surface area contributed by atoms with Gasteiger partial charge < -0.3 is 5.11 Å². The number of nitrogens with zero attached hydrogens (tertiary/aromatic N) is 1. The number of hydrogen-bond acceptors (Lipinski definition) is 3. The Balaban J connectivity index is 2.12. The molecule has 0 saturated carbocycles. The Morgan fingerprint density at radius 1 is 1.44 bits per heavy atom. The average molecular weight is 243 g/mol. The van der Waals surface area contributed by atoms with Crippen molar-refractivity contribution in [3.05, 3.63) is 0 Å². The highest BCUT2D eigenvalue weighted by Gasteiger charge is 2.44. The second kappa shape index (κ2) is 4.96. The summed E-state index contributed by atoms with van der Waals surface area (Å²) in [6.07, 6.45) is 5.43. The third-order valence-corrected chi connectivity index (χ3v) is 5.18. The van der Waals surface area contributed by atoms with E-state index in [9.17, 15) is 9.90 Å². The normalized spacial score (nSPS) is 37.2. The van der Waals surface area contributed by atoms with Crippen molar-refractivity contribution in [2.75, 3.05) is 18.1 Å². The summed E-state index contributed by atoms with van der Waals surface area (Å²) >= 11 is 1.97. The van der Waals surface area contributed by atoms with Crippen molar-refractivity contribution in [3.8, 4) is 0 Å². The lowest BCUT2D eigenvalue weighted by molar-refractivity contribution is -0.154. The third-order valence-electron chi connectivity index (χ3n) is 3.98. The van der Waals surface area contributed by atoms with E-state index >= 15 is 0 Å². The molecule has 2 heterocycles. The highest BCUT2D eigenvalue weighted by Crippen LogP contribution is 2.34. The predicted octanol–water partition coefficient (Wildman–Crippen LogP) is 2.21. The number of aliphatic carboxylic acids is 1. The van der Waals surface area contributed by atoms with E-state index in [-0.39, 0.29) is 0 Å². The molecule has 0 aromatic carbocycles. The molecule has 2 rings (SSSR count). The van der Waals surface area contributed by atoms with Gasteiger partial charge in [-0.3, -0.25) is 9.69 Å². The van der Waals surface area contributed by atoms with Crippen LogP contribution in [0.1, 0.15) is 39.0 Å². The zero-order valence-electron chi connectivity index (χ0n) is 9.95.